The Morgan fingerprint density at radius 1 is 1.03 bits per heavy atom. The van der Waals surface area contributed by atoms with Crippen LogP contribution >= 0.6 is 11.6 Å². The van der Waals surface area contributed by atoms with Gasteiger partial charge in [-0.15, -0.1) is 0 Å². The van der Waals surface area contributed by atoms with Crippen LogP contribution < -0.4 is 15.5 Å². The van der Waals surface area contributed by atoms with E-state index in [9.17, 15) is 9.59 Å². The van der Waals surface area contributed by atoms with Crippen LogP contribution in [-0.2, 0) is 13.0 Å². The normalized spacial score (nSPS) is 12.4. The summed E-state index contributed by atoms with van der Waals surface area (Å²) in [7, 11) is 0. The lowest BCUT2D eigenvalue weighted by Gasteiger charge is -2.18. The van der Waals surface area contributed by atoms with Crippen molar-refractivity contribution >= 4 is 34.9 Å². The highest BCUT2D eigenvalue weighted by Gasteiger charge is 2.25. The summed E-state index contributed by atoms with van der Waals surface area (Å²) < 4.78 is 0. The van der Waals surface area contributed by atoms with Crippen LogP contribution in [-0.4, -0.2) is 18.5 Å². The Morgan fingerprint density at radius 2 is 1.83 bits per heavy atom. The fraction of sp³-hybridized carbons (Fsp3) is 0.167. The zero-order chi connectivity index (χ0) is 21.1. The van der Waals surface area contributed by atoms with Crippen molar-refractivity contribution in [1.82, 2.24) is 5.32 Å². The van der Waals surface area contributed by atoms with E-state index in [4.69, 9.17) is 11.6 Å². The van der Waals surface area contributed by atoms with Crippen LogP contribution in [0, 0.1) is 6.92 Å². The molecule has 1 aliphatic heterocycles. The summed E-state index contributed by atoms with van der Waals surface area (Å²) in [5.41, 5.74) is 5.24. The van der Waals surface area contributed by atoms with E-state index in [-0.39, 0.29) is 11.9 Å². The average molecular weight is 420 g/mol. The molecule has 0 spiro atoms. The summed E-state index contributed by atoms with van der Waals surface area (Å²) >= 11 is 6.10. The minimum atomic E-state index is -0.290. The van der Waals surface area contributed by atoms with E-state index in [1.807, 2.05) is 60.4 Å². The van der Waals surface area contributed by atoms with E-state index in [0.717, 1.165) is 28.8 Å². The molecule has 3 aromatic rings. The largest absolute Gasteiger partial charge is 0.334 e. The number of amides is 3. The van der Waals surface area contributed by atoms with Gasteiger partial charge in [0.2, 0.25) is 0 Å². The first-order valence-electron chi connectivity index (χ1n) is 9.81. The first kappa shape index (κ1) is 20.0. The monoisotopic (exact) mass is 419 g/mol. The Labute approximate surface area is 180 Å². The molecular weight excluding hydrogens is 398 g/mol. The van der Waals surface area contributed by atoms with Gasteiger partial charge >= 0.3 is 6.03 Å². The molecule has 0 saturated carbocycles. The lowest BCUT2D eigenvalue weighted by Crippen LogP contribution is -2.29. The number of rotatable bonds is 4. The predicted molar refractivity (Wildman–Crippen MR) is 120 cm³/mol. The number of urea groups is 1. The number of anilines is 2. The van der Waals surface area contributed by atoms with Gasteiger partial charge in [0, 0.05) is 35.1 Å². The number of hydrogen-bond acceptors (Lipinski definition) is 2. The van der Waals surface area contributed by atoms with E-state index in [2.05, 4.69) is 16.7 Å². The van der Waals surface area contributed by atoms with Gasteiger partial charge in [0.1, 0.15) is 0 Å². The van der Waals surface area contributed by atoms with Crippen LogP contribution in [0.1, 0.15) is 27.0 Å². The van der Waals surface area contributed by atoms with Crippen LogP contribution in [0.5, 0.6) is 0 Å². The Morgan fingerprint density at radius 3 is 2.63 bits per heavy atom. The maximum atomic E-state index is 12.8. The second kappa shape index (κ2) is 8.59. The fourth-order valence-electron chi connectivity index (χ4n) is 3.60. The summed E-state index contributed by atoms with van der Waals surface area (Å²) in [5.74, 6) is 0.0106. The Bertz CT molecular complexity index is 1100. The van der Waals surface area contributed by atoms with Crippen molar-refractivity contribution in [3.05, 3.63) is 94.0 Å². The number of fused-ring (bicyclic) bond motifs is 1. The number of nitrogens with zero attached hydrogens (tertiary/aromatic N) is 1. The van der Waals surface area contributed by atoms with Gasteiger partial charge in [-0.05, 0) is 60.4 Å². The molecule has 2 N–H and O–H groups in total. The van der Waals surface area contributed by atoms with Crippen LogP contribution in [0.2, 0.25) is 5.02 Å². The molecule has 3 aromatic carbocycles. The Kier molecular flexibility index (Phi) is 5.72. The first-order valence-corrected chi connectivity index (χ1v) is 10.2. The van der Waals surface area contributed by atoms with Gasteiger partial charge in [0.15, 0.2) is 0 Å². The fourth-order valence-corrected chi connectivity index (χ4v) is 3.78. The average Bonchev–Trinajstić information content (AvgIpc) is 3.19. The third kappa shape index (κ3) is 4.16. The molecule has 5 nitrogen and oxygen atoms in total. The summed E-state index contributed by atoms with van der Waals surface area (Å²) in [6.45, 7) is 2.92. The van der Waals surface area contributed by atoms with Crippen molar-refractivity contribution in [3.63, 3.8) is 0 Å². The van der Waals surface area contributed by atoms with E-state index in [1.165, 1.54) is 0 Å². The van der Waals surface area contributed by atoms with E-state index in [1.54, 1.807) is 12.1 Å². The minimum absolute atomic E-state index is 0.0106. The van der Waals surface area contributed by atoms with Crippen molar-refractivity contribution in [2.75, 3.05) is 16.8 Å². The molecule has 3 amide bonds. The molecule has 4 rings (SSSR count). The maximum Gasteiger partial charge on any atom is 0.319 e. The molecular formula is C24H22ClN3O2. The third-order valence-corrected chi connectivity index (χ3v) is 5.68. The molecule has 1 aliphatic rings. The molecule has 152 valence electrons. The lowest BCUT2D eigenvalue weighted by molar-refractivity contribution is 0.0989. The summed E-state index contributed by atoms with van der Waals surface area (Å²) in [6.07, 6.45) is 0.801. The minimum Gasteiger partial charge on any atom is -0.334 e. The molecule has 0 unspecified atom stereocenters. The topological polar surface area (TPSA) is 61.4 Å². The van der Waals surface area contributed by atoms with Gasteiger partial charge in [-0.3, -0.25) is 4.79 Å². The molecule has 0 aliphatic carbocycles. The van der Waals surface area contributed by atoms with Crippen LogP contribution in [0.3, 0.4) is 0 Å². The number of carbonyl (C=O) groups is 2. The van der Waals surface area contributed by atoms with E-state index < -0.39 is 0 Å². The molecule has 0 fully saturated rings. The Hall–Kier alpha value is -3.31. The quantitative estimate of drug-likeness (QED) is 0.612. The standard InChI is InChI=1S/C24H22ClN3O2/c1-16-20(25)8-5-9-21(16)27-24(30)26-15-17-10-11-22-19(14-17)12-13-28(22)23(29)18-6-3-2-4-7-18/h2-11,14H,12-13,15H2,1H3,(H2,26,27,30). The highest BCUT2D eigenvalue weighted by molar-refractivity contribution is 6.31. The van der Waals surface area contributed by atoms with Crippen molar-refractivity contribution in [3.8, 4) is 0 Å². The van der Waals surface area contributed by atoms with Crippen LogP contribution in [0.15, 0.2) is 66.7 Å². The maximum absolute atomic E-state index is 12.8. The van der Waals surface area contributed by atoms with Crippen LogP contribution in [0.4, 0.5) is 16.2 Å². The third-order valence-electron chi connectivity index (χ3n) is 5.27. The number of nitrogens with one attached hydrogen (secondary N) is 2. The predicted octanol–water partition coefficient (Wildman–Crippen LogP) is 5.17. The van der Waals surface area contributed by atoms with E-state index in [0.29, 0.717) is 29.4 Å². The summed E-state index contributed by atoms with van der Waals surface area (Å²) in [4.78, 5) is 26.9. The van der Waals surface area contributed by atoms with Crippen LogP contribution in [0.25, 0.3) is 0 Å². The van der Waals surface area contributed by atoms with Crippen molar-refractivity contribution in [2.45, 2.75) is 19.9 Å². The zero-order valence-corrected chi connectivity index (χ0v) is 17.4. The molecule has 30 heavy (non-hydrogen) atoms. The van der Waals surface area contributed by atoms with Gasteiger partial charge in [0.25, 0.3) is 5.91 Å². The van der Waals surface area contributed by atoms with Gasteiger partial charge in [-0.25, -0.2) is 4.79 Å². The second-order valence-electron chi connectivity index (χ2n) is 7.26. The zero-order valence-electron chi connectivity index (χ0n) is 16.6. The molecule has 6 heteroatoms. The second-order valence-corrected chi connectivity index (χ2v) is 7.66. The number of carbonyl (C=O) groups excluding carboxylic acids is 2. The van der Waals surface area contributed by atoms with Gasteiger partial charge in [0.05, 0.1) is 0 Å². The summed E-state index contributed by atoms with van der Waals surface area (Å²) in [5, 5.41) is 6.31. The molecule has 0 atom stereocenters. The number of halogens is 1. The molecule has 0 bridgehead atoms. The highest BCUT2D eigenvalue weighted by Crippen LogP contribution is 2.30. The lowest BCUT2D eigenvalue weighted by atomic mass is 10.1. The van der Waals surface area contributed by atoms with Crippen molar-refractivity contribution in [2.24, 2.45) is 0 Å². The molecule has 0 saturated heterocycles. The number of benzene rings is 3. The van der Waals surface area contributed by atoms with Gasteiger partial charge < -0.3 is 15.5 Å². The number of hydrogen-bond donors (Lipinski definition) is 2. The van der Waals surface area contributed by atoms with Gasteiger partial charge in [-0.2, -0.15) is 0 Å². The smallest absolute Gasteiger partial charge is 0.319 e. The summed E-state index contributed by atoms with van der Waals surface area (Å²) in [6, 6.07) is 20.4. The van der Waals surface area contributed by atoms with Crippen molar-refractivity contribution in [1.29, 1.82) is 0 Å². The van der Waals surface area contributed by atoms with Crippen molar-refractivity contribution < 1.29 is 9.59 Å². The Balaban J connectivity index is 1.40. The molecule has 0 radical (unpaired) electrons. The SMILES string of the molecule is Cc1c(Cl)cccc1NC(=O)NCc1ccc2c(c1)CCN2C(=O)c1ccccc1. The van der Waals surface area contributed by atoms with E-state index >= 15 is 0 Å². The highest BCUT2D eigenvalue weighted by atomic mass is 35.5. The van der Waals surface area contributed by atoms with Gasteiger partial charge in [-0.1, -0.05) is 48.0 Å². The first-order chi connectivity index (χ1) is 14.5. The molecule has 1 heterocycles. The molecule has 0 aromatic heterocycles.